The van der Waals surface area contributed by atoms with Crippen molar-refractivity contribution in [1.29, 1.82) is 0 Å². The summed E-state index contributed by atoms with van der Waals surface area (Å²) in [7, 11) is 4.15. The minimum atomic E-state index is 0.327. The van der Waals surface area contributed by atoms with Gasteiger partial charge in [-0.2, -0.15) is 9.97 Å². The minimum absolute atomic E-state index is 0.327. The van der Waals surface area contributed by atoms with Crippen LogP contribution in [0.2, 0.25) is 0 Å². The van der Waals surface area contributed by atoms with Crippen molar-refractivity contribution in [3.05, 3.63) is 6.33 Å². The van der Waals surface area contributed by atoms with E-state index >= 15 is 0 Å². The molecule has 0 saturated carbocycles. The minimum Gasteiger partial charge on any atom is -0.366 e. The van der Waals surface area contributed by atoms with Crippen LogP contribution in [0.15, 0.2) is 6.33 Å². The smallest absolute Gasteiger partial charge is 0.226 e. The number of nitrogens with zero attached hydrogens (tertiary/aromatic N) is 4. The lowest BCUT2D eigenvalue weighted by atomic mass is 10.2. The lowest BCUT2D eigenvalue weighted by molar-refractivity contribution is 0.390. The van der Waals surface area contributed by atoms with Crippen molar-refractivity contribution in [2.75, 3.05) is 37.8 Å². The first-order valence-corrected chi connectivity index (χ1v) is 6.96. The molecule has 2 rings (SSSR count). The van der Waals surface area contributed by atoms with E-state index in [-0.39, 0.29) is 0 Å². The van der Waals surface area contributed by atoms with Crippen molar-refractivity contribution in [3.63, 3.8) is 0 Å². The maximum Gasteiger partial charge on any atom is 0.226 e. The van der Waals surface area contributed by atoms with Gasteiger partial charge in [-0.15, -0.1) is 0 Å². The van der Waals surface area contributed by atoms with Crippen LogP contribution in [-0.2, 0) is 0 Å². The van der Waals surface area contributed by atoms with E-state index in [4.69, 9.17) is 0 Å². The fraction of sp³-hybridized carbons (Fsp3) is 0.615. The zero-order valence-electron chi connectivity index (χ0n) is 12.6. The summed E-state index contributed by atoms with van der Waals surface area (Å²) in [5.41, 5.74) is 1.53. The van der Waals surface area contributed by atoms with Gasteiger partial charge in [-0.3, -0.25) is 0 Å². The zero-order chi connectivity index (χ0) is 14.5. The van der Waals surface area contributed by atoms with E-state index in [1.54, 1.807) is 6.33 Å². The van der Waals surface area contributed by atoms with Crippen LogP contribution in [0.1, 0.15) is 20.3 Å². The summed E-state index contributed by atoms with van der Waals surface area (Å²) in [6, 6.07) is 0.327. The Kier molecular flexibility index (Phi) is 4.73. The topological polar surface area (TPSA) is 81.8 Å². The van der Waals surface area contributed by atoms with Gasteiger partial charge in [0.05, 0.1) is 6.33 Å². The second-order valence-electron chi connectivity index (χ2n) is 5.16. The maximum atomic E-state index is 4.51. The van der Waals surface area contributed by atoms with Crippen LogP contribution < -0.4 is 10.6 Å². The Bertz CT molecular complexity index is 549. The maximum absolute atomic E-state index is 4.51. The molecule has 7 nitrogen and oxygen atoms in total. The molecule has 0 amide bonds. The van der Waals surface area contributed by atoms with Crippen LogP contribution in [0.5, 0.6) is 0 Å². The van der Waals surface area contributed by atoms with Gasteiger partial charge in [-0.1, -0.05) is 0 Å². The first-order chi connectivity index (χ1) is 9.60. The van der Waals surface area contributed by atoms with E-state index in [0.717, 1.165) is 30.8 Å². The lowest BCUT2D eigenvalue weighted by Gasteiger charge is -2.17. The normalized spacial score (nSPS) is 12.8. The second-order valence-corrected chi connectivity index (χ2v) is 5.16. The number of H-pyrrole nitrogens is 1. The lowest BCUT2D eigenvalue weighted by Crippen LogP contribution is -2.23. The molecule has 2 aromatic heterocycles. The van der Waals surface area contributed by atoms with Crippen LogP contribution in [0.3, 0.4) is 0 Å². The predicted octanol–water partition coefficient (Wildman–Crippen LogP) is 1.54. The molecule has 2 heterocycles. The summed E-state index contributed by atoms with van der Waals surface area (Å²) in [5, 5.41) is 6.57. The zero-order valence-corrected chi connectivity index (χ0v) is 12.6. The van der Waals surface area contributed by atoms with Crippen LogP contribution in [0.4, 0.5) is 11.8 Å². The Morgan fingerprint density at radius 2 is 2.15 bits per heavy atom. The molecule has 0 radical (unpaired) electrons. The number of aromatic amines is 1. The standard InChI is InChI=1S/C13H23N7/c1-5-14-13-18-11-10(15-8-16-11)12(19-13)17-9(2)6-7-20(3)4/h8-9H,5-7H2,1-4H3,(H3,14,15,16,17,18,19). The van der Waals surface area contributed by atoms with Crippen molar-refractivity contribution in [1.82, 2.24) is 24.8 Å². The number of nitrogens with one attached hydrogen (secondary N) is 3. The van der Waals surface area contributed by atoms with Gasteiger partial charge < -0.3 is 20.5 Å². The molecule has 0 aliphatic carbocycles. The molecule has 0 spiro atoms. The third-order valence-corrected chi connectivity index (χ3v) is 3.01. The number of aromatic nitrogens is 4. The van der Waals surface area contributed by atoms with Gasteiger partial charge in [0.2, 0.25) is 5.95 Å². The molecule has 110 valence electrons. The van der Waals surface area contributed by atoms with Gasteiger partial charge >= 0.3 is 0 Å². The Hall–Kier alpha value is -1.89. The third-order valence-electron chi connectivity index (χ3n) is 3.01. The summed E-state index contributed by atoms with van der Waals surface area (Å²) in [4.78, 5) is 18.3. The SMILES string of the molecule is CCNc1nc(NC(C)CCN(C)C)c2[nH]cnc2n1. The molecule has 0 aliphatic heterocycles. The molecule has 0 aliphatic rings. The largest absolute Gasteiger partial charge is 0.366 e. The Balaban J connectivity index is 2.16. The molecule has 1 unspecified atom stereocenters. The Labute approximate surface area is 119 Å². The Morgan fingerprint density at radius 3 is 2.85 bits per heavy atom. The van der Waals surface area contributed by atoms with E-state index < -0.39 is 0 Å². The molecule has 0 bridgehead atoms. The highest BCUT2D eigenvalue weighted by Gasteiger charge is 2.12. The monoisotopic (exact) mass is 277 g/mol. The van der Waals surface area contributed by atoms with Gasteiger partial charge in [0.25, 0.3) is 0 Å². The fourth-order valence-corrected chi connectivity index (χ4v) is 1.93. The third kappa shape index (κ3) is 3.57. The van der Waals surface area contributed by atoms with Gasteiger partial charge in [-0.05, 0) is 40.9 Å². The average molecular weight is 277 g/mol. The van der Waals surface area contributed by atoms with Crippen molar-refractivity contribution < 1.29 is 0 Å². The summed E-state index contributed by atoms with van der Waals surface area (Å²) in [5.74, 6) is 1.41. The van der Waals surface area contributed by atoms with E-state index in [9.17, 15) is 0 Å². The molecule has 20 heavy (non-hydrogen) atoms. The van der Waals surface area contributed by atoms with Crippen molar-refractivity contribution in [2.45, 2.75) is 26.3 Å². The van der Waals surface area contributed by atoms with Crippen molar-refractivity contribution in [3.8, 4) is 0 Å². The Morgan fingerprint density at radius 1 is 1.35 bits per heavy atom. The molecule has 7 heteroatoms. The van der Waals surface area contributed by atoms with E-state index in [1.807, 2.05) is 6.92 Å². The van der Waals surface area contributed by atoms with E-state index in [1.165, 1.54) is 0 Å². The van der Waals surface area contributed by atoms with Crippen molar-refractivity contribution in [2.24, 2.45) is 0 Å². The average Bonchev–Trinajstić information content (AvgIpc) is 2.85. The number of hydrogen-bond donors (Lipinski definition) is 3. The summed E-state index contributed by atoms with van der Waals surface area (Å²) >= 11 is 0. The number of imidazole rings is 1. The number of anilines is 2. The molecule has 0 aromatic carbocycles. The van der Waals surface area contributed by atoms with Crippen LogP contribution in [-0.4, -0.2) is 58.1 Å². The van der Waals surface area contributed by atoms with E-state index in [0.29, 0.717) is 17.6 Å². The van der Waals surface area contributed by atoms with Gasteiger partial charge in [0.15, 0.2) is 11.5 Å². The van der Waals surface area contributed by atoms with Gasteiger partial charge in [0, 0.05) is 12.6 Å². The predicted molar refractivity (Wildman–Crippen MR) is 82.1 cm³/mol. The first kappa shape index (κ1) is 14.5. The number of hydrogen-bond acceptors (Lipinski definition) is 6. The van der Waals surface area contributed by atoms with Gasteiger partial charge in [0.1, 0.15) is 5.52 Å². The highest BCUT2D eigenvalue weighted by atomic mass is 15.2. The van der Waals surface area contributed by atoms with Gasteiger partial charge in [-0.25, -0.2) is 4.98 Å². The number of rotatable bonds is 7. The molecular formula is C13H23N7. The van der Waals surface area contributed by atoms with E-state index in [2.05, 4.69) is 56.5 Å². The fourth-order valence-electron chi connectivity index (χ4n) is 1.93. The summed E-state index contributed by atoms with van der Waals surface area (Å²) < 4.78 is 0. The second kappa shape index (κ2) is 6.51. The summed E-state index contributed by atoms with van der Waals surface area (Å²) in [6.45, 7) is 5.99. The van der Waals surface area contributed by atoms with Crippen LogP contribution in [0.25, 0.3) is 11.2 Å². The quantitative estimate of drug-likeness (QED) is 0.712. The summed E-state index contributed by atoms with van der Waals surface area (Å²) in [6.07, 6.45) is 2.69. The van der Waals surface area contributed by atoms with Crippen molar-refractivity contribution >= 4 is 22.9 Å². The van der Waals surface area contributed by atoms with Crippen LogP contribution in [0, 0.1) is 0 Å². The number of fused-ring (bicyclic) bond motifs is 1. The molecule has 2 aromatic rings. The molecule has 0 saturated heterocycles. The molecular weight excluding hydrogens is 254 g/mol. The van der Waals surface area contributed by atoms with Crippen LogP contribution >= 0.6 is 0 Å². The first-order valence-electron chi connectivity index (χ1n) is 6.96. The molecule has 1 atom stereocenters. The molecule has 3 N–H and O–H groups in total. The highest BCUT2D eigenvalue weighted by Crippen LogP contribution is 2.19. The molecule has 0 fully saturated rings. The highest BCUT2D eigenvalue weighted by molar-refractivity contribution is 5.83.